The lowest BCUT2D eigenvalue weighted by Gasteiger charge is -2.28. The second-order valence-corrected chi connectivity index (χ2v) is 9.32. The zero-order chi connectivity index (χ0) is 21.0. The molecule has 1 unspecified atom stereocenters. The van der Waals surface area contributed by atoms with Gasteiger partial charge in [-0.3, -0.25) is 14.5 Å². The van der Waals surface area contributed by atoms with E-state index in [9.17, 15) is 14.4 Å². The van der Waals surface area contributed by atoms with Gasteiger partial charge in [-0.2, -0.15) is 11.8 Å². The number of rotatable bonds is 6. The molecule has 1 aromatic carbocycles. The summed E-state index contributed by atoms with van der Waals surface area (Å²) >= 11 is 1.74. The van der Waals surface area contributed by atoms with Crippen LogP contribution in [0.1, 0.15) is 54.3 Å². The predicted molar refractivity (Wildman–Crippen MR) is 114 cm³/mol. The Bertz CT molecular complexity index is 780. The molecule has 1 aromatic rings. The molecule has 1 fully saturated rings. The highest BCUT2D eigenvalue weighted by molar-refractivity contribution is 7.99. The first kappa shape index (κ1) is 21.4. The molecule has 6 nitrogen and oxygen atoms in total. The number of imide groups is 1. The van der Waals surface area contributed by atoms with Crippen molar-refractivity contribution in [3.05, 3.63) is 47.5 Å². The van der Waals surface area contributed by atoms with Crippen LogP contribution in [0.2, 0.25) is 0 Å². The fraction of sp³-hybridized carbons (Fsp3) is 0.500. The van der Waals surface area contributed by atoms with E-state index in [0.717, 1.165) is 30.9 Å². The van der Waals surface area contributed by atoms with Crippen LogP contribution in [0.3, 0.4) is 0 Å². The second-order valence-electron chi connectivity index (χ2n) is 8.25. The molecule has 2 aliphatic rings. The molecule has 156 valence electrons. The van der Waals surface area contributed by atoms with Crippen LogP contribution in [0.25, 0.3) is 0 Å². The highest BCUT2D eigenvalue weighted by Crippen LogP contribution is 2.24. The fourth-order valence-corrected chi connectivity index (χ4v) is 4.52. The van der Waals surface area contributed by atoms with Gasteiger partial charge in [-0.05, 0) is 45.7 Å². The van der Waals surface area contributed by atoms with Gasteiger partial charge in [0, 0.05) is 30.6 Å². The maximum absolute atomic E-state index is 12.3. The minimum absolute atomic E-state index is 0.194. The lowest BCUT2D eigenvalue weighted by atomic mass is 10.1. The summed E-state index contributed by atoms with van der Waals surface area (Å²) in [4.78, 5) is 40.1. The third-order valence-corrected chi connectivity index (χ3v) is 5.91. The molecule has 7 heteroatoms. The fourth-order valence-electron chi connectivity index (χ4n) is 3.49. The Morgan fingerprint density at radius 1 is 1.17 bits per heavy atom. The Balaban J connectivity index is 1.42. The molecule has 0 spiro atoms. The summed E-state index contributed by atoms with van der Waals surface area (Å²) in [5.41, 5.74) is 0.469. The standard InChI is InChI=1S/C22H28N2O4S/c1-22(2,3)28-21(27)23-13-8-9-16(23)15-29-14-7-6-12-24-19(25)17-10-4-5-11-18(17)20(24)26/h4-7,10-11,16H,8-9,12-15H2,1-3H3/b7-6-. The summed E-state index contributed by atoms with van der Waals surface area (Å²) < 4.78 is 5.49. The molecule has 1 saturated heterocycles. The van der Waals surface area contributed by atoms with Gasteiger partial charge in [0.2, 0.25) is 0 Å². The van der Waals surface area contributed by atoms with Gasteiger partial charge < -0.3 is 9.64 Å². The van der Waals surface area contributed by atoms with Crippen LogP contribution in [0.4, 0.5) is 4.79 Å². The number of carbonyl (C=O) groups is 3. The lowest BCUT2D eigenvalue weighted by molar-refractivity contribution is 0.0241. The summed E-state index contributed by atoms with van der Waals surface area (Å²) in [6, 6.07) is 7.10. The molecular weight excluding hydrogens is 388 g/mol. The number of hydrogen-bond acceptors (Lipinski definition) is 5. The number of carbonyl (C=O) groups excluding carboxylic acids is 3. The van der Waals surface area contributed by atoms with Crippen molar-refractivity contribution in [1.82, 2.24) is 9.80 Å². The van der Waals surface area contributed by atoms with Gasteiger partial charge in [0.15, 0.2) is 0 Å². The smallest absolute Gasteiger partial charge is 0.410 e. The number of benzene rings is 1. The van der Waals surface area contributed by atoms with Crippen molar-refractivity contribution in [2.24, 2.45) is 0 Å². The monoisotopic (exact) mass is 416 g/mol. The van der Waals surface area contributed by atoms with Crippen LogP contribution in [0.5, 0.6) is 0 Å². The Kier molecular flexibility index (Phi) is 6.67. The summed E-state index contributed by atoms with van der Waals surface area (Å²) in [5.74, 6) is 1.14. The van der Waals surface area contributed by atoms with Crippen molar-refractivity contribution in [3.8, 4) is 0 Å². The number of likely N-dealkylation sites (tertiary alicyclic amines) is 1. The van der Waals surface area contributed by atoms with Gasteiger partial charge in [0.05, 0.1) is 11.1 Å². The van der Waals surface area contributed by atoms with Crippen molar-refractivity contribution in [1.29, 1.82) is 0 Å². The van der Waals surface area contributed by atoms with Gasteiger partial charge >= 0.3 is 6.09 Å². The first-order valence-corrected chi connectivity index (χ1v) is 11.1. The number of hydrogen-bond donors (Lipinski definition) is 0. The van der Waals surface area contributed by atoms with E-state index >= 15 is 0 Å². The topological polar surface area (TPSA) is 66.9 Å². The van der Waals surface area contributed by atoms with E-state index in [4.69, 9.17) is 4.74 Å². The van der Waals surface area contributed by atoms with Crippen LogP contribution in [-0.2, 0) is 4.74 Å². The number of fused-ring (bicyclic) bond motifs is 1. The van der Waals surface area contributed by atoms with Gasteiger partial charge in [-0.1, -0.05) is 24.3 Å². The maximum atomic E-state index is 12.3. The molecule has 0 saturated carbocycles. The maximum Gasteiger partial charge on any atom is 0.410 e. The molecule has 3 rings (SSSR count). The van der Waals surface area contributed by atoms with Crippen molar-refractivity contribution in [2.75, 3.05) is 24.6 Å². The highest BCUT2D eigenvalue weighted by atomic mass is 32.2. The molecule has 2 aliphatic heterocycles. The number of thioether (sulfide) groups is 1. The summed E-state index contributed by atoms with van der Waals surface area (Å²) in [5, 5.41) is 0. The number of amides is 3. The van der Waals surface area contributed by atoms with Gasteiger partial charge in [-0.15, -0.1) is 0 Å². The third kappa shape index (κ3) is 5.21. The summed E-state index contributed by atoms with van der Waals surface area (Å²) in [7, 11) is 0. The predicted octanol–water partition coefficient (Wildman–Crippen LogP) is 3.97. The molecule has 0 N–H and O–H groups in total. The van der Waals surface area contributed by atoms with Crippen molar-refractivity contribution >= 4 is 29.7 Å². The van der Waals surface area contributed by atoms with Crippen LogP contribution in [0, 0.1) is 0 Å². The normalized spacial score (nSPS) is 19.3. The summed E-state index contributed by atoms with van der Waals surface area (Å²) in [6.45, 7) is 6.66. The number of ether oxygens (including phenoxy) is 1. The molecule has 1 atom stereocenters. The number of nitrogens with zero attached hydrogens (tertiary/aromatic N) is 2. The van der Waals surface area contributed by atoms with E-state index in [1.807, 2.05) is 37.8 Å². The lowest BCUT2D eigenvalue weighted by Crippen LogP contribution is -2.40. The van der Waals surface area contributed by atoms with Gasteiger partial charge in [0.1, 0.15) is 5.60 Å². The molecule has 0 bridgehead atoms. The van der Waals surface area contributed by atoms with Gasteiger partial charge in [0.25, 0.3) is 11.8 Å². The van der Waals surface area contributed by atoms with Crippen molar-refractivity contribution in [3.63, 3.8) is 0 Å². The molecule has 3 amide bonds. The van der Waals surface area contributed by atoms with E-state index < -0.39 is 5.60 Å². The Morgan fingerprint density at radius 3 is 2.45 bits per heavy atom. The van der Waals surface area contributed by atoms with Crippen molar-refractivity contribution < 1.29 is 19.1 Å². The average Bonchev–Trinajstić information content (AvgIpc) is 3.22. The Morgan fingerprint density at radius 2 is 1.83 bits per heavy atom. The Labute approximate surface area is 176 Å². The van der Waals surface area contributed by atoms with Crippen molar-refractivity contribution in [2.45, 2.75) is 45.3 Å². The molecule has 29 heavy (non-hydrogen) atoms. The zero-order valence-electron chi connectivity index (χ0n) is 17.2. The van der Waals surface area contributed by atoms with E-state index in [2.05, 4.69) is 0 Å². The first-order chi connectivity index (χ1) is 13.8. The van der Waals surface area contributed by atoms with Gasteiger partial charge in [-0.25, -0.2) is 4.79 Å². The van der Waals surface area contributed by atoms with Crippen LogP contribution in [-0.4, -0.2) is 63.9 Å². The largest absolute Gasteiger partial charge is 0.444 e. The minimum atomic E-state index is -0.482. The molecule has 2 heterocycles. The average molecular weight is 417 g/mol. The van der Waals surface area contributed by atoms with E-state index in [1.165, 1.54) is 4.90 Å². The van der Waals surface area contributed by atoms with E-state index in [1.54, 1.807) is 36.0 Å². The molecule has 0 aliphatic carbocycles. The summed E-state index contributed by atoms with van der Waals surface area (Å²) in [6.07, 6.45) is 5.59. The quantitative estimate of drug-likeness (QED) is 0.399. The minimum Gasteiger partial charge on any atom is -0.444 e. The highest BCUT2D eigenvalue weighted by Gasteiger charge is 2.34. The Hall–Kier alpha value is -2.28. The molecule has 0 radical (unpaired) electrons. The SMILES string of the molecule is CC(C)(C)OC(=O)N1CCCC1CSC/C=C\CN1C(=O)c2ccccc2C1=O. The van der Waals surface area contributed by atoms with Crippen LogP contribution < -0.4 is 0 Å². The second kappa shape index (κ2) is 9.03. The molecule has 0 aromatic heterocycles. The van der Waals surface area contributed by atoms with E-state index in [-0.39, 0.29) is 30.5 Å². The third-order valence-electron chi connectivity index (χ3n) is 4.86. The van der Waals surface area contributed by atoms with Crippen LogP contribution >= 0.6 is 11.8 Å². The van der Waals surface area contributed by atoms with E-state index in [0.29, 0.717) is 11.1 Å². The molecular formula is C22H28N2O4S. The first-order valence-electron chi connectivity index (χ1n) is 9.95. The van der Waals surface area contributed by atoms with Crippen LogP contribution in [0.15, 0.2) is 36.4 Å². The zero-order valence-corrected chi connectivity index (χ0v) is 18.0.